The Balaban J connectivity index is 1.49. The van der Waals surface area contributed by atoms with Crippen molar-refractivity contribution < 1.29 is 19.1 Å². The Morgan fingerprint density at radius 1 is 1.10 bits per heavy atom. The van der Waals surface area contributed by atoms with Crippen LogP contribution < -0.4 is 0 Å². The fraction of sp³-hybridized carbons (Fsp3) is 0.765. The van der Waals surface area contributed by atoms with E-state index in [1.54, 1.807) is 6.92 Å². The molecule has 0 heterocycles. The molecule has 0 aromatic heterocycles. The van der Waals surface area contributed by atoms with E-state index in [4.69, 9.17) is 9.47 Å². The predicted molar refractivity (Wildman–Crippen MR) is 77.4 cm³/mol. The third-order valence-corrected chi connectivity index (χ3v) is 5.20. The molecule has 0 unspecified atom stereocenters. The number of hydrogen-bond donors (Lipinski definition) is 0. The molecule has 21 heavy (non-hydrogen) atoms. The Hall–Kier alpha value is -1.32. The zero-order valence-electron chi connectivity index (χ0n) is 12.7. The van der Waals surface area contributed by atoms with Crippen LogP contribution in [-0.2, 0) is 19.1 Å². The van der Waals surface area contributed by atoms with Crippen LogP contribution in [0.5, 0.6) is 0 Å². The van der Waals surface area contributed by atoms with Gasteiger partial charge >= 0.3 is 11.9 Å². The summed E-state index contributed by atoms with van der Waals surface area (Å²) in [6.07, 6.45) is 7.23. The maximum atomic E-state index is 12.0. The average Bonchev–Trinajstić information content (AvgIpc) is 2.35. The molecule has 4 fully saturated rings. The highest BCUT2D eigenvalue weighted by atomic mass is 16.6. The predicted octanol–water partition coefficient (Wildman–Crippen LogP) is 3.01. The van der Waals surface area contributed by atoms with Crippen LogP contribution >= 0.6 is 0 Å². The summed E-state index contributed by atoms with van der Waals surface area (Å²) in [6.45, 7) is 5.18. The summed E-state index contributed by atoms with van der Waals surface area (Å²) >= 11 is 0. The smallest absolute Gasteiger partial charge is 0.333 e. The zero-order chi connectivity index (χ0) is 15.0. The van der Waals surface area contributed by atoms with Crippen LogP contribution in [0.3, 0.4) is 0 Å². The second-order valence-electron chi connectivity index (χ2n) is 7.24. The van der Waals surface area contributed by atoms with Gasteiger partial charge in [0.1, 0.15) is 12.2 Å². The number of rotatable bonds is 5. The standard InChI is InChI=1S/C17H24O4/c1-11(2)16(19)20-4-3-15(18)21-17-8-12-5-13(9-17)7-14(6-12)10-17/h12-14H,1,3-10H2,2H3. The maximum absolute atomic E-state index is 12.0. The van der Waals surface area contributed by atoms with Gasteiger partial charge in [0.05, 0.1) is 6.42 Å². The normalized spacial score (nSPS) is 36.3. The molecular formula is C17H24O4. The number of carbonyl (C=O) groups is 2. The minimum Gasteiger partial charge on any atom is -0.462 e. The van der Waals surface area contributed by atoms with E-state index in [0.717, 1.165) is 37.0 Å². The molecule has 4 rings (SSSR count). The van der Waals surface area contributed by atoms with Crippen LogP contribution in [0.15, 0.2) is 12.2 Å². The van der Waals surface area contributed by atoms with E-state index in [1.807, 2.05) is 0 Å². The minimum atomic E-state index is -0.447. The molecular weight excluding hydrogens is 268 g/mol. The van der Waals surface area contributed by atoms with E-state index < -0.39 is 5.97 Å². The van der Waals surface area contributed by atoms with Crippen LogP contribution in [-0.4, -0.2) is 24.1 Å². The molecule has 4 saturated carbocycles. The number of esters is 2. The topological polar surface area (TPSA) is 52.6 Å². The Bertz CT molecular complexity index is 430. The van der Waals surface area contributed by atoms with Gasteiger partial charge < -0.3 is 9.47 Å². The van der Waals surface area contributed by atoms with Crippen molar-refractivity contribution in [3.8, 4) is 0 Å². The highest BCUT2D eigenvalue weighted by Crippen LogP contribution is 2.57. The molecule has 4 aliphatic rings. The summed E-state index contributed by atoms with van der Waals surface area (Å²) in [5.41, 5.74) is 0.147. The molecule has 4 aliphatic carbocycles. The zero-order valence-corrected chi connectivity index (χ0v) is 12.7. The lowest BCUT2D eigenvalue weighted by Crippen LogP contribution is -2.52. The second-order valence-corrected chi connectivity index (χ2v) is 7.24. The van der Waals surface area contributed by atoms with Gasteiger partial charge in [0.15, 0.2) is 0 Å². The summed E-state index contributed by atoms with van der Waals surface area (Å²) in [7, 11) is 0. The first kappa shape index (κ1) is 14.6. The average molecular weight is 292 g/mol. The van der Waals surface area contributed by atoms with Crippen molar-refractivity contribution in [3.05, 3.63) is 12.2 Å². The Morgan fingerprint density at radius 3 is 2.10 bits per heavy atom. The number of ether oxygens (including phenoxy) is 2. The van der Waals surface area contributed by atoms with Gasteiger partial charge in [-0.25, -0.2) is 4.79 Å². The van der Waals surface area contributed by atoms with Gasteiger partial charge in [-0.2, -0.15) is 0 Å². The molecule has 0 spiro atoms. The largest absolute Gasteiger partial charge is 0.462 e. The van der Waals surface area contributed by atoms with Crippen LogP contribution in [0.2, 0.25) is 0 Å². The van der Waals surface area contributed by atoms with E-state index in [2.05, 4.69) is 6.58 Å². The summed E-state index contributed by atoms with van der Waals surface area (Å²) in [6, 6.07) is 0. The summed E-state index contributed by atoms with van der Waals surface area (Å²) in [5.74, 6) is 1.59. The van der Waals surface area contributed by atoms with Crippen LogP contribution in [0.25, 0.3) is 0 Å². The van der Waals surface area contributed by atoms with Crippen molar-refractivity contribution >= 4 is 11.9 Å². The molecule has 4 nitrogen and oxygen atoms in total. The van der Waals surface area contributed by atoms with E-state index in [0.29, 0.717) is 5.57 Å². The van der Waals surface area contributed by atoms with Gasteiger partial charge in [-0.3, -0.25) is 4.79 Å². The van der Waals surface area contributed by atoms with Crippen molar-refractivity contribution in [2.45, 2.75) is 57.5 Å². The molecule has 0 aliphatic heterocycles. The van der Waals surface area contributed by atoms with Crippen LogP contribution in [0.1, 0.15) is 51.9 Å². The SMILES string of the molecule is C=C(C)C(=O)OCCC(=O)OC12CC3CC(CC(C3)C1)C2. The quantitative estimate of drug-likeness (QED) is 0.577. The lowest BCUT2D eigenvalue weighted by Gasteiger charge is -2.55. The van der Waals surface area contributed by atoms with E-state index in [9.17, 15) is 9.59 Å². The summed E-state index contributed by atoms with van der Waals surface area (Å²) in [4.78, 5) is 23.3. The van der Waals surface area contributed by atoms with Gasteiger partial charge in [0.25, 0.3) is 0 Å². The molecule has 4 bridgehead atoms. The Kier molecular flexibility index (Phi) is 3.80. The highest BCUT2D eigenvalue weighted by Gasteiger charge is 2.53. The minimum absolute atomic E-state index is 0.0803. The number of carbonyl (C=O) groups excluding carboxylic acids is 2. The Labute approximate surface area is 125 Å². The highest BCUT2D eigenvalue weighted by molar-refractivity contribution is 5.87. The van der Waals surface area contributed by atoms with Crippen molar-refractivity contribution in [1.29, 1.82) is 0 Å². The van der Waals surface area contributed by atoms with Crippen molar-refractivity contribution in [1.82, 2.24) is 0 Å². The molecule has 0 amide bonds. The van der Waals surface area contributed by atoms with Crippen molar-refractivity contribution in [3.63, 3.8) is 0 Å². The van der Waals surface area contributed by atoms with Crippen LogP contribution in [0, 0.1) is 17.8 Å². The first-order chi connectivity index (χ1) is 9.96. The first-order valence-corrected chi connectivity index (χ1v) is 8.00. The third-order valence-electron chi connectivity index (χ3n) is 5.20. The molecule has 0 saturated heterocycles. The van der Waals surface area contributed by atoms with E-state index >= 15 is 0 Å². The molecule has 116 valence electrons. The van der Waals surface area contributed by atoms with E-state index in [1.165, 1.54) is 19.3 Å². The van der Waals surface area contributed by atoms with Crippen LogP contribution in [0.4, 0.5) is 0 Å². The fourth-order valence-electron chi connectivity index (χ4n) is 4.80. The summed E-state index contributed by atoms with van der Waals surface area (Å²) < 4.78 is 10.8. The van der Waals surface area contributed by atoms with Gasteiger partial charge in [-0.15, -0.1) is 0 Å². The monoisotopic (exact) mass is 292 g/mol. The second kappa shape index (κ2) is 5.47. The first-order valence-electron chi connectivity index (χ1n) is 8.00. The maximum Gasteiger partial charge on any atom is 0.333 e. The molecule has 0 N–H and O–H groups in total. The van der Waals surface area contributed by atoms with Gasteiger partial charge in [-0.1, -0.05) is 6.58 Å². The van der Waals surface area contributed by atoms with Gasteiger partial charge in [0, 0.05) is 5.57 Å². The molecule has 0 atom stereocenters. The van der Waals surface area contributed by atoms with Crippen molar-refractivity contribution in [2.75, 3.05) is 6.61 Å². The number of hydrogen-bond acceptors (Lipinski definition) is 4. The van der Waals surface area contributed by atoms with Gasteiger partial charge in [0.2, 0.25) is 0 Å². The molecule has 0 aromatic carbocycles. The summed E-state index contributed by atoms with van der Waals surface area (Å²) in [5, 5.41) is 0. The third kappa shape index (κ3) is 3.14. The van der Waals surface area contributed by atoms with Gasteiger partial charge in [-0.05, 0) is 63.2 Å². The van der Waals surface area contributed by atoms with E-state index in [-0.39, 0.29) is 24.6 Å². The lowest BCUT2D eigenvalue weighted by molar-refractivity contribution is -0.187. The lowest BCUT2D eigenvalue weighted by atomic mass is 9.54. The van der Waals surface area contributed by atoms with Crippen molar-refractivity contribution in [2.24, 2.45) is 17.8 Å². The fourth-order valence-corrected chi connectivity index (χ4v) is 4.80. The molecule has 0 aromatic rings. The Morgan fingerprint density at radius 2 is 1.62 bits per heavy atom. The molecule has 0 radical (unpaired) electrons. The molecule has 4 heteroatoms.